The molecule has 0 unspecified atom stereocenters. The van der Waals surface area contributed by atoms with Gasteiger partial charge < -0.3 is 5.73 Å². The van der Waals surface area contributed by atoms with Crippen molar-refractivity contribution in [3.8, 4) is 0 Å². The average Bonchev–Trinajstić information content (AvgIpc) is 2.33. The van der Waals surface area contributed by atoms with E-state index in [4.69, 9.17) is 17.3 Å². The third-order valence-electron chi connectivity index (χ3n) is 3.22. The summed E-state index contributed by atoms with van der Waals surface area (Å²) >= 11 is 5.85. The summed E-state index contributed by atoms with van der Waals surface area (Å²) in [4.78, 5) is 0.0682. The summed E-state index contributed by atoms with van der Waals surface area (Å²) in [5, 5.41) is 0.294. The van der Waals surface area contributed by atoms with E-state index in [1.165, 1.54) is 16.4 Å². The summed E-state index contributed by atoms with van der Waals surface area (Å²) in [5.74, 6) is -0.317. The summed E-state index contributed by atoms with van der Waals surface area (Å²) in [6, 6.07) is 2.81. The van der Waals surface area contributed by atoms with Crippen LogP contribution in [0.2, 0.25) is 5.02 Å². The summed E-state index contributed by atoms with van der Waals surface area (Å²) in [6.07, 6.45) is 0. The number of rotatable bonds is 2. The van der Waals surface area contributed by atoms with Crippen molar-refractivity contribution in [2.45, 2.75) is 11.8 Å². The lowest BCUT2D eigenvalue weighted by molar-refractivity contribution is 0.430. The van der Waals surface area contributed by atoms with Gasteiger partial charge in [-0.15, -0.1) is 0 Å². The Morgan fingerprint density at radius 2 is 1.80 bits per heavy atom. The van der Waals surface area contributed by atoms with Crippen LogP contribution < -0.4 is 5.73 Å². The first-order valence-electron chi connectivity index (χ1n) is 5.90. The molecule has 1 aromatic rings. The highest BCUT2D eigenvalue weighted by atomic mass is 35.5. The van der Waals surface area contributed by atoms with Gasteiger partial charge in [0.05, 0.1) is 27.1 Å². The number of sulfone groups is 1. The van der Waals surface area contributed by atoms with Crippen molar-refractivity contribution in [2.75, 3.05) is 30.3 Å². The predicted molar refractivity (Wildman–Crippen MR) is 78.0 cm³/mol. The molecule has 0 bridgehead atoms. The highest BCUT2D eigenvalue weighted by molar-refractivity contribution is 7.92. The van der Waals surface area contributed by atoms with Crippen LogP contribution in [0.4, 0.5) is 5.69 Å². The molecule has 0 aliphatic carbocycles. The first-order valence-corrected chi connectivity index (χ1v) is 9.53. The molecule has 1 saturated heterocycles. The van der Waals surface area contributed by atoms with E-state index in [1.54, 1.807) is 6.92 Å². The molecule has 6 nitrogen and oxygen atoms in total. The van der Waals surface area contributed by atoms with E-state index in [-0.39, 0.29) is 35.2 Å². The summed E-state index contributed by atoms with van der Waals surface area (Å²) < 4.78 is 48.9. The molecule has 1 heterocycles. The van der Waals surface area contributed by atoms with Gasteiger partial charge in [-0.3, -0.25) is 0 Å². The first kappa shape index (κ1) is 15.6. The van der Waals surface area contributed by atoms with Crippen LogP contribution in [0.25, 0.3) is 0 Å². The molecular weight excluding hydrogens is 324 g/mol. The zero-order valence-corrected chi connectivity index (χ0v) is 13.2. The molecule has 0 aromatic heterocycles. The summed E-state index contributed by atoms with van der Waals surface area (Å²) in [7, 11) is -6.89. The minimum absolute atomic E-state index is 0.0351. The van der Waals surface area contributed by atoms with Crippen molar-refractivity contribution < 1.29 is 16.8 Å². The van der Waals surface area contributed by atoms with Crippen LogP contribution in [0.1, 0.15) is 5.56 Å². The minimum atomic E-state index is -3.75. The van der Waals surface area contributed by atoms with Crippen LogP contribution in [0.5, 0.6) is 0 Å². The van der Waals surface area contributed by atoms with Crippen molar-refractivity contribution >= 4 is 37.1 Å². The predicted octanol–water partition coefficient (Wildman–Crippen LogP) is 0.650. The lowest BCUT2D eigenvalue weighted by Crippen LogP contribution is -2.43. The number of aryl methyl sites for hydroxylation is 1. The Morgan fingerprint density at radius 3 is 2.35 bits per heavy atom. The second-order valence-corrected chi connectivity index (χ2v) is 9.31. The molecule has 0 spiro atoms. The van der Waals surface area contributed by atoms with E-state index in [2.05, 4.69) is 0 Å². The lowest BCUT2D eigenvalue weighted by atomic mass is 10.2. The molecule has 9 heteroatoms. The molecule has 2 rings (SSSR count). The number of nitrogens with zero attached hydrogens (tertiary/aromatic N) is 1. The van der Waals surface area contributed by atoms with E-state index < -0.39 is 19.9 Å². The zero-order chi connectivity index (χ0) is 15.1. The van der Waals surface area contributed by atoms with Gasteiger partial charge in [-0.05, 0) is 24.6 Å². The molecule has 0 saturated carbocycles. The number of nitrogens with two attached hydrogens (primary N) is 1. The number of hydrogen-bond acceptors (Lipinski definition) is 5. The summed E-state index contributed by atoms with van der Waals surface area (Å²) in [5.41, 5.74) is 6.31. The Balaban J connectivity index is 2.39. The largest absolute Gasteiger partial charge is 0.397 e. The number of anilines is 1. The van der Waals surface area contributed by atoms with Crippen molar-refractivity contribution in [3.63, 3.8) is 0 Å². The quantitative estimate of drug-likeness (QED) is 0.798. The van der Waals surface area contributed by atoms with Crippen molar-refractivity contribution in [2.24, 2.45) is 0 Å². The highest BCUT2D eigenvalue weighted by Crippen LogP contribution is 2.28. The van der Waals surface area contributed by atoms with Gasteiger partial charge in [-0.2, -0.15) is 4.31 Å². The van der Waals surface area contributed by atoms with Crippen molar-refractivity contribution in [1.82, 2.24) is 4.31 Å². The van der Waals surface area contributed by atoms with Gasteiger partial charge >= 0.3 is 0 Å². The molecule has 1 aromatic carbocycles. The van der Waals surface area contributed by atoms with Gasteiger partial charge in [0, 0.05) is 13.1 Å². The van der Waals surface area contributed by atoms with Gasteiger partial charge in [0.25, 0.3) is 0 Å². The van der Waals surface area contributed by atoms with Crippen molar-refractivity contribution in [3.05, 3.63) is 22.7 Å². The Bertz CT molecular complexity index is 730. The number of nitrogen functional groups attached to an aromatic ring is 1. The Morgan fingerprint density at radius 1 is 1.25 bits per heavy atom. The third-order valence-corrected chi connectivity index (χ3v) is 7.19. The van der Waals surface area contributed by atoms with Crippen molar-refractivity contribution in [1.29, 1.82) is 0 Å². The van der Waals surface area contributed by atoms with Crippen LogP contribution in [-0.2, 0) is 19.9 Å². The fourth-order valence-electron chi connectivity index (χ4n) is 2.02. The molecule has 20 heavy (non-hydrogen) atoms. The standard InChI is InChI=1S/C11H15ClN2O4S2/c1-8-6-9(12)10(13)7-11(8)20(17,18)14-2-4-19(15,16)5-3-14/h6-7H,2-5,13H2,1H3. The average molecular weight is 339 g/mol. The van der Waals surface area contributed by atoms with E-state index in [9.17, 15) is 16.8 Å². The maximum atomic E-state index is 12.5. The third kappa shape index (κ3) is 2.93. The van der Waals surface area contributed by atoms with Crippen LogP contribution in [-0.4, -0.2) is 45.7 Å². The number of benzene rings is 1. The molecule has 0 atom stereocenters. The maximum absolute atomic E-state index is 12.5. The second-order valence-electron chi connectivity index (χ2n) is 4.70. The van der Waals surface area contributed by atoms with E-state index in [1.807, 2.05) is 0 Å². The van der Waals surface area contributed by atoms with E-state index in [0.717, 1.165) is 0 Å². The molecule has 0 radical (unpaired) electrons. The SMILES string of the molecule is Cc1cc(Cl)c(N)cc1S(=O)(=O)N1CCS(=O)(=O)CC1. The molecular formula is C11H15ClN2O4S2. The second kappa shape index (κ2) is 5.18. The van der Waals surface area contributed by atoms with Gasteiger partial charge in [0.1, 0.15) is 0 Å². The number of halogens is 1. The fraction of sp³-hybridized carbons (Fsp3) is 0.455. The molecule has 1 fully saturated rings. The van der Waals surface area contributed by atoms with E-state index in [0.29, 0.717) is 10.6 Å². The fourth-order valence-corrected chi connectivity index (χ4v) is 5.36. The van der Waals surface area contributed by atoms with Crippen LogP contribution in [0, 0.1) is 6.92 Å². The normalized spacial score (nSPS) is 19.9. The number of hydrogen-bond donors (Lipinski definition) is 1. The zero-order valence-electron chi connectivity index (χ0n) is 10.8. The van der Waals surface area contributed by atoms with Gasteiger partial charge in [0.2, 0.25) is 10.0 Å². The smallest absolute Gasteiger partial charge is 0.243 e. The summed E-state index contributed by atoms with van der Waals surface area (Å²) in [6.45, 7) is 1.55. The maximum Gasteiger partial charge on any atom is 0.243 e. The Labute approximate surface area is 123 Å². The topological polar surface area (TPSA) is 97.5 Å². The highest BCUT2D eigenvalue weighted by Gasteiger charge is 2.32. The lowest BCUT2D eigenvalue weighted by Gasteiger charge is -2.26. The van der Waals surface area contributed by atoms with Crippen LogP contribution in [0.3, 0.4) is 0 Å². The van der Waals surface area contributed by atoms with E-state index >= 15 is 0 Å². The molecule has 112 valence electrons. The molecule has 1 aliphatic heterocycles. The first-order chi connectivity index (χ1) is 9.13. The van der Waals surface area contributed by atoms with Gasteiger partial charge in [-0.25, -0.2) is 16.8 Å². The molecule has 0 amide bonds. The monoisotopic (exact) mass is 338 g/mol. The minimum Gasteiger partial charge on any atom is -0.397 e. The Hall–Kier alpha value is -0.830. The Kier molecular flexibility index (Phi) is 4.03. The van der Waals surface area contributed by atoms with Gasteiger partial charge in [0.15, 0.2) is 9.84 Å². The van der Waals surface area contributed by atoms with Crippen LogP contribution in [0.15, 0.2) is 17.0 Å². The number of sulfonamides is 1. The molecule has 2 N–H and O–H groups in total. The van der Waals surface area contributed by atoms with Crippen LogP contribution >= 0.6 is 11.6 Å². The van der Waals surface area contributed by atoms with Gasteiger partial charge in [-0.1, -0.05) is 11.6 Å². The molecule has 1 aliphatic rings.